The molecule has 4 heteroatoms. The van der Waals surface area contributed by atoms with E-state index in [0.717, 1.165) is 30.0 Å². The number of rotatable bonds is 3. The van der Waals surface area contributed by atoms with Gasteiger partial charge < -0.3 is 10.2 Å². The standard InChI is InChI=1S/C20H25N3O/c1-20(2,3)16-8-4-5-9-17(16)22-19(24)18-14-15(10-11-21-18)23-12-6-7-13-23/h4-5,8-11,14H,6-7,12-13H2,1-3H3,(H,22,24). The molecule has 3 rings (SSSR count). The van der Waals surface area contributed by atoms with Gasteiger partial charge in [0.1, 0.15) is 5.69 Å². The third-order valence-electron chi connectivity index (χ3n) is 4.43. The Hall–Kier alpha value is -2.36. The van der Waals surface area contributed by atoms with E-state index in [9.17, 15) is 4.79 Å². The quantitative estimate of drug-likeness (QED) is 0.919. The number of nitrogens with one attached hydrogen (secondary N) is 1. The number of carbonyl (C=O) groups is 1. The number of amides is 1. The second-order valence-electron chi connectivity index (χ2n) is 7.34. The summed E-state index contributed by atoms with van der Waals surface area (Å²) in [6.45, 7) is 8.54. The Bertz CT molecular complexity index is 728. The molecule has 1 N–H and O–H groups in total. The molecule has 2 heterocycles. The minimum absolute atomic E-state index is 0.0330. The van der Waals surface area contributed by atoms with Crippen LogP contribution >= 0.6 is 0 Å². The summed E-state index contributed by atoms with van der Waals surface area (Å²) in [5.41, 5.74) is 3.48. The summed E-state index contributed by atoms with van der Waals surface area (Å²) >= 11 is 0. The Labute approximate surface area is 143 Å². The van der Waals surface area contributed by atoms with Crippen molar-refractivity contribution in [3.63, 3.8) is 0 Å². The molecule has 1 aliphatic heterocycles. The monoisotopic (exact) mass is 323 g/mol. The number of carbonyl (C=O) groups excluding carboxylic acids is 1. The largest absolute Gasteiger partial charge is 0.371 e. The Balaban J connectivity index is 1.82. The molecule has 1 saturated heterocycles. The van der Waals surface area contributed by atoms with Crippen LogP contribution < -0.4 is 10.2 Å². The first-order valence-corrected chi connectivity index (χ1v) is 8.57. The van der Waals surface area contributed by atoms with Gasteiger partial charge >= 0.3 is 0 Å². The summed E-state index contributed by atoms with van der Waals surface area (Å²) in [4.78, 5) is 19.2. The van der Waals surface area contributed by atoms with Crippen molar-refractivity contribution in [3.8, 4) is 0 Å². The van der Waals surface area contributed by atoms with Crippen LogP contribution in [-0.4, -0.2) is 24.0 Å². The van der Waals surface area contributed by atoms with Crippen LogP contribution in [0.5, 0.6) is 0 Å². The lowest BCUT2D eigenvalue weighted by Crippen LogP contribution is -2.21. The van der Waals surface area contributed by atoms with Gasteiger partial charge in [-0.25, -0.2) is 0 Å². The zero-order valence-electron chi connectivity index (χ0n) is 14.7. The molecule has 126 valence electrons. The highest BCUT2D eigenvalue weighted by Crippen LogP contribution is 2.29. The first-order valence-electron chi connectivity index (χ1n) is 8.57. The fourth-order valence-corrected chi connectivity index (χ4v) is 3.15. The average molecular weight is 323 g/mol. The lowest BCUT2D eigenvalue weighted by molar-refractivity contribution is 0.102. The highest BCUT2D eigenvalue weighted by molar-refractivity contribution is 6.03. The molecular formula is C20H25N3O. The zero-order valence-corrected chi connectivity index (χ0v) is 14.7. The maximum atomic E-state index is 12.7. The van der Waals surface area contributed by atoms with Gasteiger partial charge in [-0.05, 0) is 42.0 Å². The van der Waals surface area contributed by atoms with Crippen LogP contribution in [0.3, 0.4) is 0 Å². The molecule has 2 aromatic rings. The third-order valence-corrected chi connectivity index (χ3v) is 4.43. The summed E-state index contributed by atoms with van der Waals surface area (Å²) in [5, 5.41) is 3.03. The minimum atomic E-state index is -0.159. The van der Waals surface area contributed by atoms with Crippen molar-refractivity contribution in [2.75, 3.05) is 23.3 Å². The lowest BCUT2D eigenvalue weighted by Gasteiger charge is -2.23. The smallest absolute Gasteiger partial charge is 0.274 e. The molecule has 1 aromatic carbocycles. The van der Waals surface area contributed by atoms with Crippen molar-refractivity contribution in [2.24, 2.45) is 0 Å². The molecule has 0 aliphatic carbocycles. The number of hydrogen-bond acceptors (Lipinski definition) is 3. The van der Waals surface area contributed by atoms with Crippen LogP contribution in [0.15, 0.2) is 42.6 Å². The first kappa shape index (κ1) is 16.5. The molecule has 1 fully saturated rings. The highest BCUT2D eigenvalue weighted by atomic mass is 16.1. The number of aromatic nitrogens is 1. The molecule has 0 saturated carbocycles. The van der Waals surface area contributed by atoms with Crippen molar-refractivity contribution in [1.82, 2.24) is 4.98 Å². The van der Waals surface area contributed by atoms with E-state index in [2.05, 4.69) is 42.0 Å². The van der Waals surface area contributed by atoms with Gasteiger partial charge in [-0.2, -0.15) is 0 Å². The molecule has 1 aromatic heterocycles. The van der Waals surface area contributed by atoms with Gasteiger partial charge in [-0.3, -0.25) is 9.78 Å². The number of pyridine rings is 1. The molecule has 0 atom stereocenters. The van der Waals surface area contributed by atoms with Crippen molar-refractivity contribution < 1.29 is 4.79 Å². The number of anilines is 2. The predicted molar refractivity (Wildman–Crippen MR) is 98.8 cm³/mol. The first-order chi connectivity index (χ1) is 11.4. The lowest BCUT2D eigenvalue weighted by atomic mass is 9.86. The van der Waals surface area contributed by atoms with Gasteiger partial charge in [-0.1, -0.05) is 39.0 Å². The Morgan fingerprint density at radius 1 is 1.12 bits per heavy atom. The van der Waals surface area contributed by atoms with Gasteiger partial charge in [0.2, 0.25) is 0 Å². The van der Waals surface area contributed by atoms with Gasteiger partial charge in [-0.15, -0.1) is 0 Å². The van der Waals surface area contributed by atoms with E-state index in [-0.39, 0.29) is 11.3 Å². The molecule has 0 spiro atoms. The van der Waals surface area contributed by atoms with E-state index in [1.165, 1.54) is 12.8 Å². The van der Waals surface area contributed by atoms with Crippen LogP contribution in [0.2, 0.25) is 0 Å². The van der Waals surface area contributed by atoms with Crippen LogP contribution in [0.25, 0.3) is 0 Å². The second-order valence-corrected chi connectivity index (χ2v) is 7.34. The van der Waals surface area contributed by atoms with Crippen molar-refractivity contribution in [1.29, 1.82) is 0 Å². The van der Waals surface area contributed by atoms with Gasteiger partial charge in [0.05, 0.1) is 0 Å². The fourth-order valence-electron chi connectivity index (χ4n) is 3.15. The molecule has 4 nitrogen and oxygen atoms in total. The van der Waals surface area contributed by atoms with Crippen LogP contribution in [0.1, 0.15) is 49.7 Å². The highest BCUT2D eigenvalue weighted by Gasteiger charge is 2.20. The van der Waals surface area contributed by atoms with E-state index in [1.54, 1.807) is 6.20 Å². The predicted octanol–water partition coefficient (Wildman–Crippen LogP) is 4.23. The topological polar surface area (TPSA) is 45.2 Å². The maximum absolute atomic E-state index is 12.7. The van der Waals surface area contributed by atoms with E-state index in [0.29, 0.717) is 5.69 Å². The summed E-state index contributed by atoms with van der Waals surface area (Å²) in [6.07, 6.45) is 4.14. The number of hydrogen-bond donors (Lipinski definition) is 1. The van der Waals surface area contributed by atoms with E-state index >= 15 is 0 Å². The average Bonchev–Trinajstić information content (AvgIpc) is 3.09. The van der Waals surface area contributed by atoms with Crippen LogP contribution in [0.4, 0.5) is 11.4 Å². The SMILES string of the molecule is CC(C)(C)c1ccccc1NC(=O)c1cc(N2CCCC2)ccn1. The second kappa shape index (κ2) is 6.63. The molecule has 1 aliphatic rings. The van der Waals surface area contributed by atoms with E-state index < -0.39 is 0 Å². The Morgan fingerprint density at radius 3 is 2.54 bits per heavy atom. The van der Waals surface area contributed by atoms with Crippen LogP contribution in [-0.2, 0) is 5.41 Å². The molecule has 0 radical (unpaired) electrons. The summed E-state index contributed by atoms with van der Waals surface area (Å²) < 4.78 is 0. The van der Waals surface area contributed by atoms with Crippen molar-refractivity contribution in [3.05, 3.63) is 53.9 Å². The molecular weight excluding hydrogens is 298 g/mol. The number of benzene rings is 1. The Morgan fingerprint density at radius 2 is 1.83 bits per heavy atom. The number of para-hydroxylation sites is 1. The molecule has 0 unspecified atom stereocenters. The van der Waals surface area contributed by atoms with E-state index in [4.69, 9.17) is 0 Å². The van der Waals surface area contributed by atoms with Crippen LogP contribution in [0, 0.1) is 0 Å². The minimum Gasteiger partial charge on any atom is -0.371 e. The number of nitrogens with zero attached hydrogens (tertiary/aromatic N) is 2. The summed E-state index contributed by atoms with van der Waals surface area (Å²) in [6, 6.07) is 11.8. The normalized spacial score (nSPS) is 14.7. The summed E-state index contributed by atoms with van der Waals surface area (Å²) in [7, 11) is 0. The van der Waals surface area contributed by atoms with Gasteiger partial charge in [0.25, 0.3) is 5.91 Å². The van der Waals surface area contributed by atoms with Crippen molar-refractivity contribution in [2.45, 2.75) is 39.0 Å². The van der Waals surface area contributed by atoms with E-state index in [1.807, 2.05) is 30.3 Å². The maximum Gasteiger partial charge on any atom is 0.274 e. The molecule has 0 bridgehead atoms. The zero-order chi connectivity index (χ0) is 17.2. The fraction of sp³-hybridized carbons (Fsp3) is 0.400. The van der Waals surface area contributed by atoms with Gasteiger partial charge in [0, 0.05) is 30.7 Å². The van der Waals surface area contributed by atoms with Crippen molar-refractivity contribution >= 4 is 17.3 Å². The third kappa shape index (κ3) is 3.58. The van der Waals surface area contributed by atoms with Gasteiger partial charge in [0.15, 0.2) is 0 Å². The molecule has 24 heavy (non-hydrogen) atoms. The summed E-state index contributed by atoms with van der Waals surface area (Å²) in [5.74, 6) is -0.159. The Kier molecular flexibility index (Phi) is 4.56. The molecule has 1 amide bonds.